The number of hydrogen-bond acceptors (Lipinski definition) is 2. The van der Waals surface area contributed by atoms with Gasteiger partial charge in [0.1, 0.15) is 0 Å². The molecule has 2 nitrogen and oxygen atoms in total. The van der Waals surface area contributed by atoms with Crippen LogP contribution in [0.3, 0.4) is 0 Å². The summed E-state index contributed by atoms with van der Waals surface area (Å²) in [7, 11) is 0. The van der Waals surface area contributed by atoms with E-state index in [1.54, 1.807) is 0 Å². The maximum absolute atomic E-state index is 4.69. The molecule has 2 heterocycles. The van der Waals surface area contributed by atoms with E-state index in [0.717, 1.165) is 5.69 Å². The van der Waals surface area contributed by atoms with Gasteiger partial charge >= 0.3 is 0 Å². The summed E-state index contributed by atoms with van der Waals surface area (Å²) in [4.78, 5) is 7.29. The topological polar surface area (TPSA) is 16.1 Å². The van der Waals surface area contributed by atoms with Gasteiger partial charge in [-0.05, 0) is 51.4 Å². The number of piperidine rings is 1. The van der Waals surface area contributed by atoms with Crippen LogP contribution in [0, 0.1) is 6.92 Å². The van der Waals surface area contributed by atoms with Crippen LogP contribution in [0.15, 0.2) is 18.2 Å². The van der Waals surface area contributed by atoms with E-state index >= 15 is 0 Å². The van der Waals surface area contributed by atoms with Gasteiger partial charge in [0.2, 0.25) is 0 Å². The zero-order valence-electron chi connectivity index (χ0n) is 10.4. The monoisotopic (exact) mass is 218 g/mol. The molecule has 1 atom stereocenters. The number of pyridine rings is 1. The van der Waals surface area contributed by atoms with Crippen LogP contribution in [0.25, 0.3) is 0 Å². The van der Waals surface area contributed by atoms with Gasteiger partial charge in [-0.3, -0.25) is 9.88 Å². The van der Waals surface area contributed by atoms with Gasteiger partial charge in [-0.25, -0.2) is 0 Å². The van der Waals surface area contributed by atoms with Crippen molar-refractivity contribution in [2.75, 3.05) is 13.1 Å². The minimum atomic E-state index is 0.564. The Balaban J connectivity index is 2.16. The van der Waals surface area contributed by atoms with E-state index in [-0.39, 0.29) is 0 Å². The largest absolute Gasteiger partial charge is 0.295 e. The Labute approximate surface area is 98.7 Å². The number of rotatable bonds is 3. The molecule has 0 aromatic carbocycles. The molecule has 0 spiro atoms. The molecule has 1 aromatic rings. The molecule has 0 aliphatic carbocycles. The van der Waals surface area contributed by atoms with E-state index in [4.69, 9.17) is 0 Å². The maximum Gasteiger partial charge on any atom is 0.0578 e. The molecule has 0 radical (unpaired) electrons. The van der Waals surface area contributed by atoms with E-state index in [2.05, 4.69) is 41.9 Å². The Kier molecular flexibility index (Phi) is 3.94. The summed E-state index contributed by atoms with van der Waals surface area (Å²) in [5.74, 6) is 0. The molecule has 0 saturated carbocycles. The fraction of sp³-hybridized carbons (Fsp3) is 0.643. The van der Waals surface area contributed by atoms with Crippen LogP contribution in [0.4, 0.5) is 0 Å². The third-order valence-corrected chi connectivity index (χ3v) is 3.38. The standard InChI is InChI=1S/C14H22N2/c1-3-10-16-11-5-4-9-14(16)13-8-6-7-12(2)15-13/h6-8,14H,3-5,9-11H2,1-2H3/t14-/m1/s1. The van der Waals surface area contributed by atoms with E-state index in [1.807, 2.05) is 0 Å². The molecule has 1 aliphatic rings. The number of aromatic nitrogens is 1. The molecule has 2 heteroatoms. The van der Waals surface area contributed by atoms with E-state index in [1.165, 1.54) is 44.5 Å². The summed E-state index contributed by atoms with van der Waals surface area (Å²) < 4.78 is 0. The SMILES string of the molecule is CCCN1CCCC[C@@H]1c1cccc(C)n1. The second-order valence-corrected chi connectivity index (χ2v) is 4.75. The Bertz CT molecular complexity index is 333. The maximum atomic E-state index is 4.69. The molecule has 0 N–H and O–H groups in total. The van der Waals surface area contributed by atoms with Crippen molar-refractivity contribution in [1.29, 1.82) is 0 Å². The molecule has 88 valence electrons. The average Bonchev–Trinajstić information content (AvgIpc) is 2.30. The molecule has 2 rings (SSSR count). The molecular weight excluding hydrogens is 196 g/mol. The van der Waals surface area contributed by atoms with Crippen LogP contribution in [-0.2, 0) is 0 Å². The number of aryl methyl sites for hydroxylation is 1. The normalized spacial score (nSPS) is 22.2. The number of hydrogen-bond donors (Lipinski definition) is 0. The fourth-order valence-electron chi connectivity index (χ4n) is 2.63. The van der Waals surface area contributed by atoms with Crippen LogP contribution >= 0.6 is 0 Å². The van der Waals surface area contributed by atoms with E-state index in [0.29, 0.717) is 6.04 Å². The van der Waals surface area contributed by atoms with Crippen molar-refractivity contribution in [3.63, 3.8) is 0 Å². The van der Waals surface area contributed by atoms with Gasteiger partial charge in [0.15, 0.2) is 0 Å². The summed E-state index contributed by atoms with van der Waals surface area (Å²) in [6, 6.07) is 6.96. The first-order valence-electron chi connectivity index (χ1n) is 6.49. The lowest BCUT2D eigenvalue weighted by Gasteiger charge is -2.35. The lowest BCUT2D eigenvalue weighted by atomic mass is 9.98. The van der Waals surface area contributed by atoms with Crippen molar-refractivity contribution < 1.29 is 0 Å². The Morgan fingerprint density at radius 3 is 3.00 bits per heavy atom. The van der Waals surface area contributed by atoms with Gasteiger partial charge in [0.05, 0.1) is 11.7 Å². The van der Waals surface area contributed by atoms with Crippen LogP contribution in [0.1, 0.15) is 50.0 Å². The first-order valence-corrected chi connectivity index (χ1v) is 6.49. The van der Waals surface area contributed by atoms with Crippen LogP contribution in [0.5, 0.6) is 0 Å². The smallest absolute Gasteiger partial charge is 0.0578 e. The van der Waals surface area contributed by atoms with Crippen LogP contribution < -0.4 is 0 Å². The predicted molar refractivity (Wildman–Crippen MR) is 67.4 cm³/mol. The van der Waals surface area contributed by atoms with Crippen molar-refractivity contribution in [3.8, 4) is 0 Å². The third-order valence-electron chi connectivity index (χ3n) is 3.38. The fourth-order valence-corrected chi connectivity index (χ4v) is 2.63. The number of nitrogens with zero attached hydrogens (tertiary/aromatic N) is 2. The van der Waals surface area contributed by atoms with Crippen LogP contribution in [-0.4, -0.2) is 23.0 Å². The molecule has 1 aromatic heterocycles. The third kappa shape index (κ3) is 2.62. The highest BCUT2D eigenvalue weighted by atomic mass is 15.2. The van der Waals surface area contributed by atoms with Crippen molar-refractivity contribution in [2.45, 2.75) is 45.6 Å². The molecule has 0 bridgehead atoms. The van der Waals surface area contributed by atoms with Crippen molar-refractivity contribution in [1.82, 2.24) is 9.88 Å². The van der Waals surface area contributed by atoms with Crippen LogP contribution in [0.2, 0.25) is 0 Å². The summed E-state index contributed by atoms with van der Waals surface area (Å²) in [6.07, 6.45) is 5.21. The van der Waals surface area contributed by atoms with E-state index in [9.17, 15) is 0 Å². The Morgan fingerprint density at radius 1 is 1.38 bits per heavy atom. The quantitative estimate of drug-likeness (QED) is 0.773. The highest BCUT2D eigenvalue weighted by Crippen LogP contribution is 2.29. The first kappa shape index (κ1) is 11.6. The van der Waals surface area contributed by atoms with Gasteiger partial charge in [0, 0.05) is 5.69 Å². The van der Waals surface area contributed by atoms with Gasteiger partial charge in [-0.15, -0.1) is 0 Å². The average molecular weight is 218 g/mol. The summed E-state index contributed by atoms with van der Waals surface area (Å²) >= 11 is 0. The van der Waals surface area contributed by atoms with Crippen molar-refractivity contribution in [2.24, 2.45) is 0 Å². The molecule has 16 heavy (non-hydrogen) atoms. The van der Waals surface area contributed by atoms with E-state index < -0.39 is 0 Å². The van der Waals surface area contributed by atoms with Gasteiger partial charge in [-0.2, -0.15) is 0 Å². The lowest BCUT2D eigenvalue weighted by Crippen LogP contribution is -2.34. The molecule has 1 aliphatic heterocycles. The first-order chi connectivity index (χ1) is 7.81. The molecule has 0 unspecified atom stereocenters. The summed E-state index contributed by atoms with van der Waals surface area (Å²) in [5, 5.41) is 0. The zero-order valence-corrected chi connectivity index (χ0v) is 10.4. The summed E-state index contributed by atoms with van der Waals surface area (Å²) in [6.45, 7) is 6.79. The second kappa shape index (κ2) is 5.44. The predicted octanol–water partition coefficient (Wildman–Crippen LogP) is 3.33. The molecule has 1 fully saturated rings. The Morgan fingerprint density at radius 2 is 2.25 bits per heavy atom. The minimum absolute atomic E-state index is 0.564. The van der Waals surface area contributed by atoms with Gasteiger partial charge < -0.3 is 0 Å². The second-order valence-electron chi connectivity index (χ2n) is 4.75. The van der Waals surface area contributed by atoms with Crippen molar-refractivity contribution in [3.05, 3.63) is 29.6 Å². The minimum Gasteiger partial charge on any atom is -0.295 e. The van der Waals surface area contributed by atoms with Gasteiger partial charge in [-0.1, -0.05) is 19.4 Å². The zero-order chi connectivity index (χ0) is 11.4. The summed E-state index contributed by atoms with van der Waals surface area (Å²) in [5.41, 5.74) is 2.41. The highest BCUT2D eigenvalue weighted by molar-refractivity contribution is 5.14. The molecule has 0 amide bonds. The van der Waals surface area contributed by atoms with Gasteiger partial charge in [0.25, 0.3) is 0 Å². The Hall–Kier alpha value is -0.890. The highest BCUT2D eigenvalue weighted by Gasteiger charge is 2.23. The lowest BCUT2D eigenvalue weighted by molar-refractivity contribution is 0.145. The number of likely N-dealkylation sites (tertiary alicyclic amines) is 1. The molecule has 1 saturated heterocycles. The van der Waals surface area contributed by atoms with Crippen molar-refractivity contribution >= 4 is 0 Å². The molecular formula is C14H22N2.